The van der Waals surface area contributed by atoms with Gasteiger partial charge in [0.1, 0.15) is 5.75 Å². The summed E-state index contributed by atoms with van der Waals surface area (Å²) in [6.45, 7) is 3.25. The molecule has 1 aromatic heterocycles. The molecule has 0 saturated heterocycles. The van der Waals surface area contributed by atoms with Crippen LogP contribution in [-0.2, 0) is 19.4 Å². The largest absolute Gasteiger partial charge is 0.496 e. The molecule has 2 aromatic rings. The summed E-state index contributed by atoms with van der Waals surface area (Å²) in [5.41, 5.74) is 7.78. The minimum Gasteiger partial charge on any atom is -0.496 e. The van der Waals surface area contributed by atoms with Crippen LogP contribution in [0.5, 0.6) is 5.75 Å². The first kappa shape index (κ1) is 13.5. The van der Waals surface area contributed by atoms with E-state index in [9.17, 15) is 0 Å². The summed E-state index contributed by atoms with van der Waals surface area (Å²) in [5.74, 6) is 1.60. The Balaban J connectivity index is 2.13. The minimum atomic E-state index is 0.536. The van der Waals surface area contributed by atoms with Gasteiger partial charge in [0, 0.05) is 6.42 Å². The number of tetrazole rings is 1. The first-order valence-electron chi connectivity index (χ1n) is 6.39. The maximum atomic E-state index is 5.46. The fourth-order valence-electron chi connectivity index (χ4n) is 1.94. The second kappa shape index (κ2) is 6.29. The van der Waals surface area contributed by atoms with Crippen LogP contribution < -0.4 is 10.5 Å². The van der Waals surface area contributed by atoms with Crippen molar-refractivity contribution < 1.29 is 4.74 Å². The molecule has 0 bridgehead atoms. The molecule has 6 nitrogen and oxygen atoms in total. The standard InChI is InChI=1S/C13H19N5O/c1-3-11-8-10(4-5-12(11)19-2)9-18-16-13(6-7-14)15-17-18/h4-5,8H,3,6-7,9,14H2,1-2H3. The third-order valence-electron chi connectivity index (χ3n) is 2.91. The molecular formula is C13H19N5O. The van der Waals surface area contributed by atoms with Crippen LogP contribution in [0.2, 0.25) is 0 Å². The molecule has 0 atom stereocenters. The van der Waals surface area contributed by atoms with Crippen molar-refractivity contribution in [3.63, 3.8) is 0 Å². The third-order valence-corrected chi connectivity index (χ3v) is 2.91. The van der Waals surface area contributed by atoms with E-state index in [0.29, 0.717) is 25.3 Å². The molecule has 1 aromatic carbocycles. The molecule has 0 amide bonds. The summed E-state index contributed by atoms with van der Waals surface area (Å²) in [6, 6.07) is 6.11. The van der Waals surface area contributed by atoms with Gasteiger partial charge in [-0.25, -0.2) is 0 Å². The highest BCUT2D eigenvalue weighted by molar-refractivity contribution is 5.37. The van der Waals surface area contributed by atoms with Gasteiger partial charge in [0.2, 0.25) is 0 Å². The van der Waals surface area contributed by atoms with Gasteiger partial charge in [-0.1, -0.05) is 19.1 Å². The lowest BCUT2D eigenvalue weighted by Crippen LogP contribution is -2.07. The summed E-state index contributed by atoms with van der Waals surface area (Å²) in [5, 5.41) is 12.2. The van der Waals surface area contributed by atoms with Crippen molar-refractivity contribution in [3.8, 4) is 5.75 Å². The van der Waals surface area contributed by atoms with Gasteiger partial charge in [-0.15, -0.1) is 10.2 Å². The molecule has 0 radical (unpaired) electrons. The van der Waals surface area contributed by atoms with E-state index in [1.807, 2.05) is 12.1 Å². The number of aromatic nitrogens is 4. The average Bonchev–Trinajstić information content (AvgIpc) is 2.86. The van der Waals surface area contributed by atoms with Gasteiger partial charge in [-0.2, -0.15) is 4.80 Å². The summed E-state index contributed by atoms with van der Waals surface area (Å²) < 4.78 is 5.31. The van der Waals surface area contributed by atoms with E-state index in [4.69, 9.17) is 10.5 Å². The van der Waals surface area contributed by atoms with Crippen molar-refractivity contribution in [2.75, 3.05) is 13.7 Å². The Morgan fingerprint density at radius 3 is 2.89 bits per heavy atom. The van der Waals surface area contributed by atoms with Gasteiger partial charge in [-0.3, -0.25) is 0 Å². The predicted molar refractivity (Wildman–Crippen MR) is 72.0 cm³/mol. The minimum absolute atomic E-state index is 0.536. The molecule has 0 spiro atoms. The Labute approximate surface area is 112 Å². The monoisotopic (exact) mass is 261 g/mol. The van der Waals surface area contributed by atoms with Crippen LogP contribution in [0.15, 0.2) is 18.2 Å². The normalized spacial score (nSPS) is 10.7. The van der Waals surface area contributed by atoms with E-state index in [1.165, 1.54) is 5.56 Å². The van der Waals surface area contributed by atoms with Gasteiger partial charge in [-0.05, 0) is 35.4 Å². The number of nitrogens with two attached hydrogens (primary N) is 1. The Bertz CT molecular complexity index is 538. The molecule has 0 aliphatic rings. The highest BCUT2D eigenvalue weighted by Gasteiger charge is 2.06. The lowest BCUT2D eigenvalue weighted by molar-refractivity contribution is 0.409. The second-order valence-electron chi connectivity index (χ2n) is 4.27. The maximum absolute atomic E-state index is 5.46. The topological polar surface area (TPSA) is 78.9 Å². The summed E-state index contributed by atoms with van der Waals surface area (Å²) in [4.78, 5) is 1.59. The molecule has 102 valence electrons. The molecule has 0 fully saturated rings. The molecular weight excluding hydrogens is 242 g/mol. The first-order valence-corrected chi connectivity index (χ1v) is 6.39. The molecule has 2 N–H and O–H groups in total. The van der Waals surface area contributed by atoms with Crippen molar-refractivity contribution in [1.29, 1.82) is 0 Å². The Morgan fingerprint density at radius 2 is 2.21 bits per heavy atom. The average molecular weight is 261 g/mol. The molecule has 0 aliphatic heterocycles. The van der Waals surface area contributed by atoms with Gasteiger partial charge >= 0.3 is 0 Å². The summed E-state index contributed by atoms with van der Waals surface area (Å²) in [6.07, 6.45) is 1.59. The Kier molecular flexibility index (Phi) is 4.46. The fourth-order valence-corrected chi connectivity index (χ4v) is 1.94. The third kappa shape index (κ3) is 3.29. The fraction of sp³-hybridized carbons (Fsp3) is 0.462. The number of hydrogen-bond acceptors (Lipinski definition) is 5. The van der Waals surface area contributed by atoms with E-state index in [-0.39, 0.29) is 0 Å². The van der Waals surface area contributed by atoms with Gasteiger partial charge < -0.3 is 10.5 Å². The quantitative estimate of drug-likeness (QED) is 0.831. The number of nitrogens with zero attached hydrogens (tertiary/aromatic N) is 4. The zero-order valence-corrected chi connectivity index (χ0v) is 11.3. The van der Waals surface area contributed by atoms with Crippen LogP contribution in [0.25, 0.3) is 0 Å². The van der Waals surface area contributed by atoms with Crippen LogP contribution in [0, 0.1) is 0 Å². The number of benzene rings is 1. The highest BCUT2D eigenvalue weighted by atomic mass is 16.5. The molecule has 19 heavy (non-hydrogen) atoms. The van der Waals surface area contributed by atoms with Crippen LogP contribution in [0.4, 0.5) is 0 Å². The smallest absolute Gasteiger partial charge is 0.176 e. The zero-order valence-electron chi connectivity index (χ0n) is 11.3. The summed E-state index contributed by atoms with van der Waals surface area (Å²) in [7, 11) is 1.69. The number of methoxy groups -OCH3 is 1. The Morgan fingerprint density at radius 1 is 1.37 bits per heavy atom. The number of ether oxygens (including phenoxy) is 1. The second-order valence-corrected chi connectivity index (χ2v) is 4.27. The van der Waals surface area contributed by atoms with Gasteiger partial charge in [0.15, 0.2) is 5.82 Å². The maximum Gasteiger partial charge on any atom is 0.176 e. The lowest BCUT2D eigenvalue weighted by atomic mass is 10.1. The molecule has 2 rings (SSSR count). The van der Waals surface area contributed by atoms with Crippen molar-refractivity contribution in [1.82, 2.24) is 20.2 Å². The van der Waals surface area contributed by atoms with E-state index < -0.39 is 0 Å². The van der Waals surface area contributed by atoms with E-state index in [2.05, 4.69) is 28.4 Å². The predicted octanol–water partition coefficient (Wildman–Crippen LogP) is 0.794. The molecule has 0 unspecified atom stereocenters. The molecule has 6 heteroatoms. The van der Waals surface area contributed by atoms with Crippen molar-refractivity contribution in [2.45, 2.75) is 26.3 Å². The molecule has 0 aliphatic carbocycles. The van der Waals surface area contributed by atoms with E-state index in [1.54, 1.807) is 11.9 Å². The molecule has 1 heterocycles. The zero-order chi connectivity index (χ0) is 13.7. The number of aryl methyl sites for hydroxylation is 1. The van der Waals surface area contributed by atoms with Crippen molar-refractivity contribution in [2.24, 2.45) is 5.73 Å². The van der Waals surface area contributed by atoms with Crippen LogP contribution >= 0.6 is 0 Å². The molecule has 0 saturated carbocycles. The SMILES string of the molecule is CCc1cc(Cn2nnc(CCN)n2)ccc1OC. The number of hydrogen-bond donors (Lipinski definition) is 1. The van der Waals surface area contributed by atoms with Gasteiger partial charge in [0.25, 0.3) is 0 Å². The van der Waals surface area contributed by atoms with Crippen molar-refractivity contribution >= 4 is 0 Å². The lowest BCUT2D eigenvalue weighted by Gasteiger charge is -2.08. The van der Waals surface area contributed by atoms with Crippen LogP contribution in [-0.4, -0.2) is 33.9 Å². The number of rotatable bonds is 6. The van der Waals surface area contributed by atoms with Crippen LogP contribution in [0.1, 0.15) is 23.9 Å². The Hall–Kier alpha value is -1.95. The summed E-state index contributed by atoms with van der Waals surface area (Å²) >= 11 is 0. The van der Waals surface area contributed by atoms with E-state index in [0.717, 1.165) is 17.7 Å². The van der Waals surface area contributed by atoms with E-state index >= 15 is 0 Å². The van der Waals surface area contributed by atoms with Gasteiger partial charge in [0.05, 0.1) is 13.7 Å². The first-order chi connectivity index (χ1) is 9.26. The van der Waals surface area contributed by atoms with Crippen LogP contribution in [0.3, 0.4) is 0 Å². The highest BCUT2D eigenvalue weighted by Crippen LogP contribution is 2.20. The van der Waals surface area contributed by atoms with Crippen molar-refractivity contribution in [3.05, 3.63) is 35.2 Å².